The van der Waals surface area contributed by atoms with E-state index in [-0.39, 0.29) is 5.78 Å². The number of rotatable bonds is 6. The number of carbonyl (C=O) groups excluding carboxylic acids is 1. The summed E-state index contributed by atoms with van der Waals surface area (Å²) in [5.41, 5.74) is 1.74. The molecule has 16 heavy (non-hydrogen) atoms. The van der Waals surface area contributed by atoms with Crippen molar-refractivity contribution >= 4 is 5.78 Å². The van der Waals surface area contributed by atoms with Crippen molar-refractivity contribution in [3.8, 4) is 5.75 Å². The number of hydrogen-bond donors (Lipinski definition) is 0. The van der Waals surface area contributed by atoms with E-state index in [2.05, 4.69) is 13.5 Å². The van der Waals surface area contributed by atoms with Crippen LogP contribution in [0.1, 0.15) is 36.2 Å². The van der Waals surface area contributed by atoms with Crippen molar-refractivity contribution in [1.82, 2.24) is 0 Å². The molecule has 0 atom stereocenters. The van der Waals surface area contributed by atoms with Crippen molar-refractivity contribution in [3.63, 3.8) is 0 Å². The van der Waals surface area contributed by atoms with E-state index in [0.717, 1.165) is 29.7 Å². The zero-order chi connectivity index (χ0) is 12.0. The summed E-state index contributed by atoms with van der Waals surface area (Å²) < 4.78 is 5.53. The van der Waals surface area contributed by atoms with Gasteiger partial charge in [0.15, 0.2) is 5.78 Å². The van der Waals surface area contributed by atoms with Gasteiger partial charge in [-0.15, -0.1) is 0 Å². The molecular weight excluding hydrogens is 200 g/mol. The Kier molecular flexibility index (Phi) is 4.77. The van der Waals surface area contributed by atoms with Crippen molar-refractivity contribution in [2.45, 2.75) is 26.7 Å². The van der Waals surface area contributed by atoms with Crippen LogP contribution in [0.4, 0.5) is 0 Å². The van der Waals surface area contributed by atoms with Gasteiger partial charge in [0.1, 0.15) is 5.75 Å². The van der Waals surface area contributed by atoms with E-state index in [1.165, 1.54) is 6.08 Å². The summed E-state index contributed by atoms with van der Waals surface area (Å²) in [5.74, 6) is 0.804. The fourth-order valence-corrected chi connectivity index (χ4v) is 1.52. The summed E-state index contributed by atoms with van der Waals surface area (Å²) in [7, 11) is 0. The molecule has 2 nitrogen and oxygen atoms in total. The average molecular weight is 218 g/mol. The molecule has 0 saturated carbocycles. The predicted octanol–water partition coefficient (Wildman–Crippen LogP) is 3.41. The van der Waals surface area contributed by atoms with Crippen LogP contribution in [0.5, 0.6) is 5.75 Å². The summed E-state index contributed by atoms with van der Waals surface area (Å²) in [5, 5.41) is 0. The normalized spacial score (nSPS) is 9.88. The van der Waals surface area contributed by atoms with Crippen LogP contribution in [0.25, 0.3) is 0 Å². The minimum Gasteiger partial charge on any atom is -0.494 e. The quantitative estimate of drug-likeness (QED) is 0.540. The van der Waals surface area contributed by atoms with E-state index in [4.69, 9.17) is 4.74 Å². The van der Waals surface area contributed by atoms with Crippen molar-refractivity contribution in [2.24, 2.45) is 0 Å². The van der Waals surface area contributed by atoms with Gasteiger partial charge in [-0.3, -0.25) is 4.79 Å². The topological polar surface area (TPSA) is 26.3 Å². The predicted molar refractivity (Wildman–Crippen MR) is 66.1 cm³/mol. The first-order valence-corrected chi connectivity index (χ1v) is 5.65. The number of ether oxygens (including phenoxy) is 1. The van der Waals surface area contributed by atoms with Crippen molar-refractivity contribution in [1.29, 1.82) is 0 Å². The first-order valence-electron chi connectivity index (χ1n) is 5.65. The monoisotopic (exact) mass is 218 g/mol. The Labute approximate surface area is 96.9 Å². The van der Waals surface area contributed by atoms with Crippen LogP contribution in [0, 0.1) is 0 Å². The SMILES string of the molecule is C=CC(=O)c1ccc(OCCC)cc1CC. The highest BCUT2D eigenvalue weighted by molar-refractivity contribution is 6.05. The second-order valence-corrected chi connectivity index (χ2v) is 3.59. The minimum atomic E-state index is -0.0288. The van der Waals surface area contributed by atoms with E-state index in [0.29, 0.717) is 6.61 Å². The first-order chi connectivity index (χ1) is 7.72. The van der Waals surface area contributed by atoms with Crippen molar-refractivity contribution < 1.29 is 9.53 Å². The fraction of sp³-hybridized carbons (Fsp3) is 0.357. The van der Waals surface area contributed by atoms with E-state index < -0.39 is 0 Å². The van der Waals surface area contributed by atoms with Gasteiger partial charge in [0, 0.05) is 5.56 Å². The minimum absolute atomic E-state index is 0.0288. The van der Waals surface area contributed by atoms with E-state index in [1.807, 2.05) is 25.1 Å². The van der Waals surface area contributed by atoms with Gasteiger partial charge in [-0.2, -0.15) is 0 Å². The highest BCUT2D eigenvalue weighted by atomic mass is 16.5. The van der Waals surface area contributed by atoms with Gasteiger partial charge in [0.05, 0.1) is 6.61 Å². The Morgan fingerprint density at radius 2 is 2.19 bits per heavy atom. The lowest BCUT2D eigenvalue weighted by Crippen LogP contribution is -2.02. The largest absolute Gasteiger partial charge is 0.494 e. The fourth-order valence-electron chi connectivity index (χ4n) is 1.52. The molecule has 0 saturated heterocycles. The van der Waals surface area contributed by atoms with Gasteiger partial charge in [-0.05, 0) is 42.7 Å². The molecule has 2 heteroatoms. The van der Waals surface area contributed by atoms with Gasteiger partial charge >= 0.3 is 0 Å². The number of hydrogen-bond acceptors (Lipinski definition) is 2. The van der Waals surface area contributed by atoms with Crippen LogP contribution >= 0.6 is 0 Å². The third kappa shape index (κ3) is 2.96. The second kappa shape index (κ2) is 6.11. The van der Waals surface area contributed by atoms with Crippen LogP contribution in [-0.4, -0.2) is 12.4 Å². The average Bonchev–Trinajstić information content (AvgIpc) is 2.34. The van der Waals surface area contributed by atoms with Crippen LogP contribution in [0.15, 0.2) is 30.9 Å². The molecule has 0 aliphatic rings. The summed E-state index contributed by atoms with van der Waals surface area (Å²) in [4.78, 5) is 11.6. The van der Waals surface area contributed by atoms with Gasteiger partial charge in [0.25, 0.3) is 0 Å². The van der Waals surface area contributed by atoms with E-state index in [9.17, 15) is 4.79 Å². The Balaban J connectivity index is 2.97. The molecular formula is C14H18O2. The highest BCUT2D eigenvalue weighted by Gasteiger charge is 2.08. The maximum absolute atomic E-state index is 11.6. The first kappa shape index (κ1) is 12.5. The molecule has 0 unspecified atom stereocenters. The summed E-state index contributed by atoms with van der Waals surface area (Å²) >= 11 is 0. The highest BCUT2D eigenvalue weighted by Crippen LogP contribution is 2.19. The standard InChI is InChI=1S/C14H18O2/c1-4-9-16-12-7-8-13(14(15)6-3)11(5-2)10-12/h6-8,10H,3-5,9H2,1-2H3. The smallest absolute Gasteiger partial charge is 0.185 e. The molecule has 0 N–H and O–H groups in total. The van der Waals surface area contributed by atoms with E-state index >= 15 is 0 Å². The third-order valence-electron chi connectivity index (χ3n) is 2.38. The summed E-state index contributed by atoms with van der Waals surface area (Å²) in [6.45, 7) is 8.30. The number of carbonyl (C=O) groups is 1. The Morgan fingerprint density at radius 3 is 2.75 bits per heavy atom. The molecule has 0 heterocycles. The molecule has 0 aliphatic carbocycles. The van der Waals surface area contributed by atoms with Crippen molar-refractivity contribution in [3.05, 3.63) is 42.0 Å². The lowest BCUT2D eigenvalue weighted by atomic mass is 10.0. The summed E-state index contributed by atoms with van der Waals surface area (Å²) in [6, 6.07) is 5.59. The molecule has 0 spiro atoms. The van der Waals surface area contributed by atoms with Crippen LogP contribution in [0.3, 0.4) is 0 Å². The van der Waals surface area contributed by atoms with Gasteiger partial charge in [-0.1, -0.05) is 20.4 Å². The molecule has 0 fully saturated rings. The van der Waals surface area contributed by atoms with Crippen molar-refractivity contribution in [2.75, 3.05) is 6.61 Å². The van der Waals surface area contributed by atoms with Crippen LogP contribution < -0.4 is 4.74 Å². The van der Waals surface area contributed by atoms with Gasteiger partial charge < -0.3 is 4.74 Å². The number of aryl methyl sites for hydroxylation is 1. The molecule has 0 aromatic heterocycles. The molecule has 0 amide bonds. The molecule has 0 aliphatic heterocycles. The molecule has 0 radical (unpaired) electrons. The van der Waals surface area contributed by atoms with E-state index in [1.54, 1.807) is 0 Å². The zero-order valence-electron chi connectivity index (χ0n) is 9.95. The maximum atomic E-state index is 11.6. The number of allylic oxidation sites excluding steroid dienone is 1. The zero-order valence-corrected chi connectivity index (χ0v) is 9.95. The van der Waals surface area contributed by atoms with Gasteiger partial charge in [0.2, 0.25) is 0 Å². The maximum Gasteiger partial charge on any atom is 0.185 e. The third-order valence-corrected chi connectivity index (χ3v) is 2.38. The lowest BCUT2D eigenvalue weighted by molar-refractivity contribution is 0.104. The Morgan fingerprint density at radius 1 is 1.44 bits per heavy atom. The lowest BCUT2D eigenvalue weighted by Gasteiger charge is -2.09. The Hall–Kier alpha value is -1.57. The molecule has 1 aromatic rings. The number of benzene rings is 1. The second-order valence-electron chi connectivity index (χ2n) is 3.59. The molecule has 1 rings (SSSR count). The van der Waals surface area contributed by atoms with Crippen LogP contribution in [-0.2, 0) is 6.42 Å². The number of ketones is 1. The molecule has 1 aromatic carbocycles. The van der Waals surface area contributed by atoms with Crippen LogP contribution in [0.2, 0.25) is 0 Å². The summed E-state index contributed by atoms with van der Waals surface area (Å²) in [6.07, 6.45) is 3.15. The Bertz CT molecular complexity index is 380. The molecule has 0 bridgehead atoms. The van der Waals surface area contributed by atoms with Gasteiger partial charge in [-0.25, -0.2) is 0 Å². The molecule has 86 valence electrons.